The van der Waals surface area contributed by atoms with Gasteiger partial charge >= 0.3 is 0 Å². The Hall–Kier alpha value is -3.26. The topological polar surface area (TPSA) is 66.5 Å². The number of hydrogen-bond acceptors (Lipinski definition) is 4. The maximum absolute atomic E-state index is 13.5. The van der Waals surface area contributed by atoms with Crippen LogP contribution in [0.25, 0.3) is 0 Å². The van der Waals surface area contributed by atoms with Crippen LogP contribution < -0.4 is 9.62 Å². The van der Waals surface area contributed by atoms with E-state index in [1.54, 1.807) is 42.1 Å². The number of anilines is 2. The molecule has 5 nitrogen and oxygen atoms in total. The minimum atomic E-state index is -4.01. The van der Waals surface area contributed by atoms with Crippen molar-refractivity contribution in [3.63, 3.8) is 0 Å². The molecule has 0 bridgehead atoms. The summed E-state index contributed by atoms with van der Waals surface area (Å²) >= 11 is 7.89. The van der Waals surface area contributed by atoms with Crippen LogP contribution in [0.1, 0.15) is 16.7 Å². The molecule has 0 saturated heterocycles. The number of thioether (sulfide) groups is 1. The Balaban J connectivity index is 1.52. The summed E-state index contributed by atoms with van der Waals surface area (Å²) in [7, 11) is -4.01. The zero-order valence-electron chi connectivity index (χ0n) is 20.5. The number of carbonyl (C=O) groups excluding carboxylic acids is 1. The molecule has 1 N–H and O–H groups in total. The minimum Gasteiger partial charge on any atom is -0.324 e. The molecule has 0 spiro atoms. The second-order valence-corrected chi connectivity index (χ2v) is 12.0. The molecule has 0 fully saturated rings. The monoisotopic (exact) mass is 550 g/mol. The third kappa shape index (κ3) is 6.95. The zero-order chi connectivity index (χ0) is 26.4. The van der Waals surface area contributed by atoms with Crippen LogP contribution in [-0.2, 0) is 20.6 Å². The van der Waals surface area contributed by atoms with E-state index in [2.05, 4.69) is 17.4 Å². The SMILES string of the molecule is Cc1ccc(S(=O)(=O)N(CC(=O)Nc2ccc(CSc3ccccc3)cc2C)c2cccc(Cl)c2)cc1. The normalized spacial score (nSPS) is 11.2. The van der Waals surface area contributed by atoms with Crippen molar-refractivity contribution in [3.05, 3.63) is 119 Å². The van der Waals surface area contributed by atoms with Crippen LogP contribution in [0.3, 0.4) is 0 Å². The predicted octanol–water partition coefficient (Wildman–Crippen LogP) is 7.08. The molecule has 190 valence electrons. The van der Waals surface area contributed by atoms with Crippen LogP contribution in [0.2, 0.25) is 5.02 Å². The maximum Gasteiger partial charge on any atom is 0.264 e. The number of benzene rings is 4. The van der Waals surface area contributed by atoms with Crippen molar-refractivity contribution >= 4 is 50.7 Å². The van der Waals surface area contributed by atoms with Crippen molar-refractivity contribution in [2.75, 3.05) is 16.2 Å². The first-order valence-electron chi connectivity index (χ1n) is 11.6. The van der Waals surface area contributed by atoms with Crippen LogP contribution in [0.5, 0.6) is 0 Å². The van der Waals surface area contributed by atoms with E-state index in [1.807, 2.05) is 50.2 Å². The highest BCUT2D eigenvalue weighted by molar-refractivity contribution is 7.98. The van der Waals surface area contributed by atoms with Crippen molar-refractivity contribution in [1.29, 1.82) is 0 Å². The molecule has 4 rings (SSSR count). The number of carbonyl (C=O) groups is 1. The van der Waals surface area contributed by atoms with Crippen molar-refractivity contribution < 1.29 is 13.2 Å². The molecule has 0 heterocycles. The van der Waals surface area contributed by atoms with Crippen LogP contribution in [0.4, 0.5) is 11.4 Å². The summed E-state index contributed by atoms with van der Waals surface area (Å²) < 4.78 is 28.2. The lowest BCUT2D eigenvalue weighted by Gasteiger charge is -2.24. The largest absolute Gasteiger partial charge is 0.324 e. The first-order chi connectivity index (χ1) is 17.7. The first-order valence-corrected chi connectivity index (χ1v) is 14.4. The van der Waals surface area contributed by atoms with Crippen LogP contribution >= 0.6 is 23.4 Å². The lowest BCUT2D eigenvalue weighted by molar-refractivity contribution is -0.114. The van der Waals surface area contributed by atoms with Gasteiger partial charge in [0.05, 0.1) is 10.6 Å². The van der Waals surface area contributed by atoms with Gasteiger partial charge in [-0.3, -0.25) is 9.10 Å². The highest BCUT2D eigenvalue weighted by Gasteiger charge is 2.27. The number of halogens is 1. The van der Waals surface area contributed by atoms with Gasteiger partial charge in [-0.05, 0) is 73.5 Å². The molecule has 0 unspecified atom stereocenters. The summed E-state index contributed by atoms with van der Waals surface area (Å²) in [6, 6.07) is 29.0. The summed E-state index contributed by atoms with van der Waals surface area (Å²) in [5.74, 6) is 0.348. The van der Waals surface area contributed by atoms with Gasteiger partial charge in [-0.25, -0.2) is 8.42 Å². The number of aryl methyl sites for hydroxylation is 2. The molecule has 0 atom stereocenters. The number of hydrogen-bond donors (Lipinski definition) is 1. The smallest absolute Gasteiger partial charge is 0.264 e. The Bertz CT molecular complexity index is 1490. The average molecular weight is 551 g/mol. The molecule has 37 heavy (non-hydrogen) atoms. The van der Waals surface area contributed by atoms with Crippen LogP contribution in [-0.4, -0.2) is 20.9 Å². The summed E-state index contributed by atoms with van der Waals surface area (Å²) in [6.07, 6.45) is 0. The number of nitrogens with one attached hydrogen (secondary N) is 1. The molecule has 1 amide bonds. The van der Waals surface area contributed by atoms with E-state index in [0.29, 0.717) is 16.4 Å². The molecular weight excluding hydrogens is 524 g/mol. The first kappa shape index (κ1) is 26.8. The number of nitrogens with zero attached hydrogens (tertiary/aromatic N) is 1. The Kier molecular flexibility index (Phi) is 8.59. The van der Waals surface area contributed by atoms with Crippen molar-refractivity contribution in [2.45, 2.75) is 29.4 Å². The molecule has 0 aromatic heterocycles. The van der Waals surface area contributed by atoms with Crippen LogP contribution in [0, 0.1) is 13.8 Å². The van der Waals surface area contributed by atoms with Crippen molar-refractivity contribution in [2.24, 2.45) is 0 Å². The van der Waals surface area contributed by atoms with Gasteiger partial charge in [0.15, 0.2) is 0 Å². The minimum absolute atomic E-state index is 0.0994. The number of amides is 1. The van der Waals surface area contributed by atoms with Gasteiger partial charge in [-0.2, -0.15) is 0 Å². The van der Waals surface area contributed by atoms with Gasteiger partial charge in [0.1, 0.15) is 6.54 Å². The van der Waals surface area contributed by atoms with Gasteiger partial charge < -0.3 is 5.32 Å². The van der Waals surface area contributed by atoms with Gasteiger partial charge in [0, 0.05) is 21.4 Å². The lowest BCUT2D eigenvalue weighted by atomic mass is 10.1. The second-order valence-electron chi connectivity index (χ2n) is 8.60. The Morgan fingerprint density at radius 2 is 1.62 bits per heavy atom. The molecule has 0 aliphatic rings. The van der Waals surface area contributed by atoms with Gasteiger partial charge in [-0.15, -0.1) is 11.8 Å². The molecule has 4 aromatic carbocycles. The van der Waals surface area contributed by atoms with E-state index in [9.17, 15) is 13.2 Å². The maximum atomic E-state index is 13.5. The van der Waals surface area contributed by atoms with Crippen molar-refractivity contribution in [3.8, 4) is 0 Å². The van der Waals surface area contributed by atoms with Crippen molar-refractivity contribution in [1.82, 2.24) is 0 Å². The Labute approximate surface area is 227 Å². The molecule has 0 aliphatic carbocycles. The fourth-order valence-electron chi connectivity index (χ4n) is 3.74. The van der Waals surface area contributed by atoms with E-state index in [1.165, 1.54) is 23.1 Å². The van der Waals surface area contributed by atoms with Gasteiger partial charge in [-0.1, -0.05) is 65.7 Å². The van der Waals surface area contributed by atoms with E-state index >= 15 is 0 Å². The highest BCUT2D eigenvalue weighted by Crippen LogP contribution is 2.28. The fraction of sp³-hybridized carbons (Fsp3) is 0.138. The third-order valence-corrected chi connectivity index (χ3v) is 8.81. The summed E-state index contributed by atoms with van der Waals surface area (Å²) in [5.41, 5.74) is 3.92. The summed E-state index contributed by atoms with van der Waals surface area (Å²) in [4.78, 5) is 14.4. The standard InChI is InChI=1S/C29H27ClN2O3S2/c1-21-11-14-27(15-12-21)37(34,35)32(25-8-6-7-24(30)18-25)19-29(33)31-28-16-13-23(17-22(28)2)20-36-26-9-4-3-5-10-26/h3-18H,19-20H2,1-2H3,(H,31,33). The molecule has 0 saturated carbocycles. The fourth-order valence-corrected chi connectivity index (χ4v) is 6.20. The van der Waals surface area contributed by atoms with E-state index in [4.69, 9.17) is 11.6 Å². The van der Waals surface area contributed by atoms with E-state index in [-0.39, 0.29) is 4.90 Å². The van der Waals surface area contributed by atoms with E-state index < -0.39 is 22.5 Å². The molecule has 0 radical (unpaired) electrons. The third-order valence-electron chi connectivity index (χ3n) is 5.71. The van der Waals surface area contributed by atoms with Gasteiger partial charge in [0.25, 0.3) is 10.0 Å². The number of sulfonamides is 1. The molecule has 4 aromatic rings. The Morgan fingerprint density at radius 3 is 2.30 bits per heavy atom. The second kappa shape index (κ2) is 11.9. The predicted molar refractivity (Wildman–Crippen MR) is 153 cm³/mol. The highest BCUT2D eigenvalue weighted by atomic mass is 35.5. The molecular formula is C29H27ClN2O3S2. The zero-order valence-corrected chi connectivity index (χ0v) is 22.9. The number of rotatable bonds is 9. The Morgan fingerprint density at radius 1 is 0.892 bits per heavy atom. The average Bonchev–Trinajstić information content (AvgIpc) is 2.88. The van der Waals surface area contributed by atoms with Gasteiger partial charge in [0.2, 0.25) is 5.91 Å². The van der Waals surface area contributed by atoms with E-state index in [0.717, 1.165) is 26.7 Å². The quantitative estimate of drug-likeness (QED) is 0.226. The lowest BCUT2D eigenvalue weighted by Crippen LogP contribution is -2.38. The molecule has 0 aliphatic heterocycles. The summed E-state index contributed by atoms with van der Waals surface area (Å²) in [5, 5.41) is 3.25. The van der Waals surface area contributed by atoms with Crippen LogP contribution in [0.15, 0.2) is 107 Å². The summed E-state index contributed by atoms with van der Waals surface area (Å²) in [6.45, 7) is 3.40. The molecule has 8 heteroatoms.